The lowest BCUT2D eigenvalue weighted by molar-refractivity contribution is -0.122. The second-order valence-electron chi connectivity index (χ2n) is 4.85. The Morgan fingerprint density at radius 1 is 1.29 bits per heavy atom. The van der Waals surface area contributed by atoms with Crippen LogP contribution in [0.5, 0.6) is 0 Å². The minimum absolute atomic E-state index is 0. The minimum Gasteiger partial charge on any atom is -0.349 e. The molecule has 6 heteroatoms. The van der Waals surface area contributed by atoms with Crippen molar-refractivity contribution in [1.82, 2.24) is 15.6 Å². The molecule has 2 N–H and O–H groups in total. The first kappa shape index (κ1) is 17.7. The number of pyridine rings is 1. The summed E-state index contributed by atoms with van der Waals surface area (Å²) in [5, 5.41) is 8.42. The molecule has 21 heavy (non-hydrogen) atoms. The molecule has 2 heterocycles. The van der Waals surface area contributed by atoms with E-state index in [1.807, 2.05) is 24.3 Å². The quantitative estimate of drug-likeness (QED) is 0.910. The standard InChI is InChI=1S/C15H17N3O.2ClH/c19-15(13-6-3-8-16-13)18-10-14-12-5-2-1-4-11(12)7-9-17-14;;/h1-2,4-5,7,9,13,16H,3,6,8,10H2,(H,18,19);2*1H. The molecule has 1 unspecified atom stereocenters. The highest BCUT2D eigenvalue weighted by Gasteiger charge is 2.21. The highest BCUT2D eigenvalue weighted by Crippen LogP contribution is 2.16. The number of fused-ring (bicyclic) bond motifs is 1. The van der Waals surface area contributed by atoms with Crippen LogP contribution >= 0.6 is 24.8 Å². The molecule has 1 amide bonds. The van der Waals surface area contributed by atoms with Crippen molar-refractivity contribution in [2.24, 2.45) is 0 Å². The van der Waals surface area contributed by atoms with Gasteiger partial charge in [0.05, 0.1) is 18.3 Å². The third-order valence-corrected chi connectivity index (χ3v) is 3.56. The van der Waals surface area contributed by atoms with Gasteiger partial charge >= 0.3 is 0 Å². The van der Waals surface area contributed by atoms with E-state index in [1.165, 1.54) is 0 Å². The third-order valence-electron chi connectivity index (χ3n) is 3.56. The highest BCUT2D eigenvalue weighted by molar-refractivity contribution is 5.86. The minimum atomic E-state index is -0.0324. The summed E-state index contributed by atoms with van der Waals surface area (Å²) in [6, 6.07) is 10.0. The number of benzene rings is 1. The summed E-state index contributed by atoms with van der Waals surface area (Å²) < 4.78 is 0. The number of carbonyl (C=O) groups excluding carboxylic acids is 1. The van der Waals surface area contributed by atoms with Gasteiger partial charge in [0, 0.05) is 11.6 Å². The van der Waals surface area contributed by atoms with Crippen molar-refractivity contribution < 1.29 is 4.79 Å². The largest absolute Gasteiger partial charge is 0.349 e. The van der Waals surface area contributed by atoms with Crippen LogP contribution in [0, 0.1) is 0 Å². The van der Waals surface area contributed by atoms with Crippen LogP contribution in [-0.2, 0) is 11.3 Å². The molecular weight excluding hydrogens is 309 g/mol. The Morgan fingerprint density at radius 3 is 2.86 bits per heavy atom. The van der Waals surface area contributed by atoms with Crippen LogP contribution in [0.15, 0.2) is 36.5 Å². The van der Waals surface area contributed by atoms with Crippen LogP contribution in [0.2, 0.25) is 0 Å². The molecule has 0 radical (unpaired) electrons. The van der Waals surface area contributed by atoms with E-state index >= 15 is 0 Å². The first-order chi connectivity index (χ1) is 9.34. The Hall–Kier alpha value is -1.36. The van der Waals surface area contributed by atoms with Gasteiger partial charge in [-0.25, -0.2) is 0 Å². The molecule has 0 bridgehead atoms. The van der Waals surface area contributed by atoms with Crippen molar-refractivity contribution in [2.75, 3.05) is 6.54 Å². The molecule has 1 fully saturated rings. The second-order valence-corrected chi connectivity index (χ2v) is 4.85. The molecule has 0 aliphatic carbocycles. The summed E-state index contributed by atoms with van der Waals surface area (Å²) in [4.78, 5) is 16.3. The maximum absolute atomic E-state index is 12.0. The summed E-state index contributed by atoms with van der Waals surface area (Å²) in [6.45, 7) is 1.42. The first-order valence-electron chi connectivity index (χ1n) is 6.68. The summed E-state index contributed by atoms with van der Waals surface area (Å²) in [5.41, 5.74) is 0.921. The van der Waals surface area contributed by atoms with E-state index in [0.29, 0.717) is 6.54 Å². The zero-order chi connectivity index (χ0) is 13.1. The van der Waals surface area contributed by atoms with Crippen LogP contribution in [0.1, 0.15) is 18.5 Å². The van der Waals surface area contributed by atoms with Gasteiger partial charge in [-0.2, -0.15) is 0 Å². The second kappa shape index (κ2) is 8.17. The fourth-order valence-electron chi connectivity index (χ4n) is 2.53. The molecule has 4 nitrogen and oxygen atoms in total. The Morgan fingerprint density at radius 2 is 2.10 bits per heavy atom. The molecule has 0 spiro atoms. The number of aromatic nitrogens is 1. The van der Waals surface area contributed by atoms with E-state index < -0.39 is 0 Å². The molecule has 1 atom stereocenters. The molecule has 1 aromatic heterocycles. The lowest BCUT2D eigenvalue weighted by Crippen LogP contribution is -2.40. The number of hydrogen-bond acceptors (Lipinski definition) is 3. The predicted molar refractivity (Wildman–Crippen MR) is 89.1 cm³/mol. The van der Waals surface area contributed by atoms with Crippen LogP contribution in [0.3, 0.4) is 0 Å². The summed E-state index contributed by atoms with van der Waals surface area (Å²) in [6.07, 6.45) is 3.79. The number of halogens is 2. The van der Waals surface area contributed by atoms with Gasteiger partial charge in [-0.05, 0) is 30.8 Å². The van der Waals surface area contributed by atoms with Gasteiger partial charge in [-0.3, -0.25) is 9.78 Å². The van der Waals surface area contributed by atoms with Crippen molar-refractivity contribution in [3.63, 3.8) is 0 Å². The summed E-state index contributed by atoms with van der Waals surface area (Å²) >= 11 is 0. The van der Waals surface area contributed by atoms with Gasteiger partial charge in [0.25, 0.3) is 0 Å². The Balaban J connectivity index is 0.00000110. The zero-order valence-corrected chi connectivity index (χ0v) is 13.2. The lowest BCUT2D eigenvalue weighted by Gasteiger charge is -2.11. The van der Waals surface area contributed by atoms with Crippen LogP contribution < -0.4 is 10.6 Å². The number of nitrogens with one attached hydrogen (secondary N) is 2. The topological polar surface area (TPSA) is 54.0 Å². The molecule has 114 valence electrons. The monoisotopic (exact) mass is 327 g/mol. The number of carbonyl (C=O) groups is 1. The van der Waals surface area contributed by atoms with Crippen LogP contribution in [0.4, 0.5) is 0 Å². The van der Waals surface area contributed by atoms with E-state index in [-0.39, 0.29) is 36.8 Å². The molecule has 2 aromatic rings. The number of hydrogen-bond donors (Lipinski definition) is 2. The Bertz CT molecular complexity index is 595. The number of amides is 1. The van der Waals surface area contributed by atoms with Crippen molar-refractivity contribution in [1.29, 1.82) is 0 Å². The maximum Gasteiger partial charge on any atom is 0.237 e. The molecule has 1 aliphatic heterocycles. The Labute approximate surface area is 136 Å². The normalized spacial score (nSPS) is 16.9. The first-order valence-corrected chi connectivity index (χ1v) is 6.68. The van der Waals surface area contributed by atoms with Crippen LogP contribution in [0.25, 0.3) is 10.8 Å². The van der Waals surface area contributed by atoms with Gasteiger partial charge in [0.2, 0.25) is 5.91 Å². The molecule has 1 aliphatic rings. The van der Waals surface area contributed by atoms with Gasteiger partial charge in [0.1, 0.15) is 0 Å². The van der Waals surface area contributed by atoms with Crippen molar-refractivity contribution in [2.45, 2.75) is 25.4 Å². The SMILES string of the molecule is Cl.Cl.O=C(NCc1nccc2ccccc12)C1CCCN1. The highest BCUT2D eigenvalue weighted by atomic mass is 35.5. The molecule has 0 saturated carbocycles. The molecule has 3 rings (SSSR count). The van der Waals surface area contributed by atoms with E-state index in [4.69, 9.17) is 0 Å². The molecule has 1 saturated heterocycles. The van der Waals surface area contributed by atoms with Crippen molar-refractivity contribution in [3.8, 4) is 0 Å². The summed E-state index contributed by atoms with van der Waals surface area (Å²) in [5.74, 6) is 0.0761. The van der Waals surface area contributed by atoms with Crippen LogP contribution in [-0.4, -0.2) is 23.5 Å². The van der Waals surface area contributed by atoms with E-state index in [0.717, 1.165) is 35.9 Å². The number of rotatable bonds is 3. The van der Waals surface area contributed by atoms with Gasteiger partial charge < -0.3 is 10.6 Å². The van der Waals surface area contributed by atoms with E-state index in [2.05, 4.69) is 21.7 Å². The fraction of sp³-hybridized carbons (Fsp3) is 0.333. The number of nitrogens with zero attached hydrogens (tertiary/aromatic N) is 1. The van der Waals surface area contributed by atoms with Gasteiger partial charge in [0.15, 0.2) is 0 Å². The zero-order valence-electron chi connectivity index (χ0n) is 11.5. The van der Waals surface area contributed by atoms with Gasteiger partial charge in [-0.15, -0.1) is 24.8 Å². The summed E-state index contributed by atoms with van der Waals surface area (Å²) in [7, 11) is 0. The van der Waals surface area contributed by atoms with E-state index in [9.17, 15) is 4.79 Å². The van der Waals surface area contributed by atoms with Crippen molar-refractivity contribution >= 4 is 41.5 Å². The fourth-order valence-corrected chi connectivity index (χ4v) is 2.53. The maximum atomic E-state index is 12.0. The van der Waals surface area contributed by atoms with E-state index in [1.54, 1.807) is 6.20 Å². The molecular formula is C15H19Cl2N3O. The lowest BCUT2D eigenvalue weighted by atomic mass is 10.1. The smallest absolute Gasteiger partial charge is 0.237 e. The van der Waals surface area contributed by atoms with Gasteiger partial charge in [-0.1, -0.05) is 24.3 Å². The average molecular weight is 328 g/mol. The van der Waals surface area contributed by atoms with Crippen molar-refractivity contribution in [3.05, 3.63) is 42.2 Å². The Kier molecular flexibility index (Phi) is 6.89. The third kappa shape index (κ3) is 4.06. The molecule has 1 aromatic carbocycles. The average Bonchev–Trinajstić information content (AvgIpc) is 2.99. The predicted octanol–water partition coefficient (Wildman–Crippen LogP) is 2.45.